The molecule has 0 spiro atoms. The summed E-state index contributed by atoms with van der Waals surface area (Å²) in [6, 6.07) is 7.38. The van der Waals surface area contributed by atoms with Crippen LogP contribution in [0.25, 0.3) is 11.2 Å². The lowest BCUT2D eigenvalue weighted by molar-refractivity contribution is -0.108. The summed E-state index contributed by atoms with van der Waals surface area (Å²) in [5, 5.41) is 2.36. The van der Waals surface area contributed by atoms with Gasteiger partial charge in [0.15, 0.2) is 11.5 Å². The Kier molecular flexibility index (Phi) is 12.9. The van der Waals surface area contributed by atoms with Crippen LogP contribution in [-0.2, 0) is 16.1 Å². The molecule has 0 bridgehead atoms. The lowest BCUT2D eigenvalue weighted by Gasteiger charge is -2.09. The average Bonchev–Trinajstić information content (AvgIpc) is 3.18. The van der Waals surface area contributed by atoms with Crippen LogP contribution < -0.4 is 11.1 Å². The number of aldehydes is 1. The summed E-state index contributed by atoms with van der Waals surface area (Å²) in [6.45, 7) is 2.96. The fourth-order valence-corrected chi connectivity index (χ4v) is 2.54. The van der Waals surface area contributed by atoms with Crippen molar-refractivity contribution in [2.75, 3.05) is 52.3 Å². The number of imidazole rings is 1. The number of anilines is 2. The van der Waals surface area contributed by atoms with E-state index in [4.69, 9.17) is 5.73 Å². The van der Waals surface area contributed by atoms with Crippen molar-refractivity contribution in [3.8, 4) is 0 Å². The van der Waals surface area contributed by atoms with Gasteiger partial charge >= 0.3 is 0 Å². The Hall–Kier alpha value is -3.37. The molecular weight excluding hydrogens is 408 g/mol. The van der Waals surface area contributed by atoms with Gasteiger partial charge in [0.2, 0.25) is 6.41 Å². The second-order valence-electron chi connectivity index (χ2n) is 7.40. The molecule has 0 aliphatic heterocycles. The molecule has 0 fully saturated rings. The number of aromatic nitrogens is 4. The van der Waals surface area contributed by atoms with E-state index >= 15 is 0 Å². The molecule has 3 rings (SSSR count). The normalized spacial score (nSPS) is 10.2. The van der Waals surface area contributed by atoms with Crippen LogP contribution in [0.4, 0.5) is 11.5 Å². The molecule has 0 unspecified atom stereocenters. The van der Waals surface area contributed by atoms with Crippen LogP contribution in [0.1, 0.15) is 12.8 Å². The third kappa shape index (κ3) is 10.6. The van der Waals surface area contributed by atoms with Gasteiger partial charge in [-0.3, -0.25) is 4.79 Å². The Labute approximate surface area is 189 Å². The highest BCUT2D eigenvalue weighted by Crippen LogP contribution is 2.11. The lowest BCUT2D eigenvalue weighted by atomic mass is 10.4. The Morgan fingerprint density at radius 1 is 1.00 bits per heavy atom. The lowest BCUT2D eigenvalue weighted by Crippen LogP contribution is -2.14. The van der Waals surface area contributed by atoms with Gasteiger partial charge in [-0.05, 0) is 65.4 Å². The van der Waals surface area contributed by atoms with E-state index in [9.17, 15) is 9.59 Å². The third-order valence-electron chi connectivity index (χ3n) is 4.13. The standard InChI is InChI=1S/C11H16N4.C6H7N3O.C5H11NO/c1-14(2)7-4-8-15-9-13-11-10(15)5-3-6-12-11;7-5-2-1-3-8-6(5)9-4-10;1-6(2)4-3-5-7/h3,5-6,9H,4,7-8H2,1-2H3;1-4H,7H2,(H,8,9,10);5H,3-4H2,1-2H3. The molecule has 3 aromatic rings. The van der Waals surface area contributed by atoms with E-state index in [1.165, 1.54) is 0 Å². The summed E-state index contributed by atoms with van der Waals surface area (Å²) in [6.07, 6.45) is 8.45. The molecular formula is C22H34N8O2. The summed E-state index contributed by atoms with van der Waals surface area (Å²) in [4.78, 5) is 36.0. The second-order valence-corrected chi connectivity index (χ2v) is 7.40. The first kappa shape index (κ1) is 26.7. The molecule has 1 amide bonds. The van der Waals surface area contributed by atoms with Crippen LogP contribution >= 0.6 is 0 Å². The summed E-state index contributed by atoms with van der Waals surface area (Å²) < 4.78 is 2.16. The van der Waals surface area contributed by atoms with Gasteiger partial charge in [0.25, 0.3) is 0 Å². The number of amides is 1. The molecule has 0 saturated carbocycles. The number of carbonyl (C=O) groups is 2. The summed E-state index contributed by atoms with van der Waals surface area (Å²) in [7, 11) is 8.08. The van der Waals surface area contributed by atoms with Gasteiger partial charge in [0.1, 0.15) is 6.29 Å². The zero-order valence-corrected chi connectivity index (χ0v) is 19.3. The minimum Gasteiger partial charge on any atom is -0.396 e. The molecule has 32 heavy (non-hydrogen) atoms. The molecule has 0 aromatic carbocycles. The minimum absolute atomic E-state index is 0.400. The smallest absolute Gasteiger partial charge is 0.212 e. The van der Waals surface area contributed by atoms with Crippen molar-refractivity contribution >= 4 is 35.4 Å². The zero-order valence-electron chi connectivity index (χ0n) is 19.3. The second kappa shape index (κ2) is 15.4. The van der Waals surface area contributed by atoms with Gasteiger partial charge in [-0.25, -0.2) is 15.0 Å². The predicted molar refractivity (Wildman–Crippen MR) is 128 cm³/mol. The largest absolute Gasteiger partial charge is 0.396 e. The van der Waals surface area contributed by atoms with Crippen molar-refractivity contribution in [1.82, 2.24) is 29.3 Å². The first-order valence-electron chi connectivity index (χ1n) is 10.3. The van der Waals surface area contributed by atoms with E-state index in [2.05, 4.69) is 49.9 Å². The van der Waals surface area contributed by atoms with Gasteiger partial charge in [-0.2, -0.15) is 0 Å². The fraction of sp³-hybridized carbons (Fsp3) is 0.409. The van der Waals surface area contributed by atoms with Crippen molar-refractivity contribution in [2.24, 2.45) is 0 Å². The number of nitrogens with one attached hydrogen (secondary N) is 1. The SMILES string of the molecule is CN(C)CCC=O.CN(C)CCCn1cnc2ncccc21.Nc1cccnc1NC=O. The van der Waals surface area contributed by atoms with E-state index in [-0.39, 0.29) is 0 Å². The Bertz CT molecular complexity index is 927. The van der Waals surface area contributed by atoms with E-state index in [0.29, 0.717) is 24.3 Å². The van der Waals surface area contributed by atoms with Gasteiger partial charge in [-0.1, -0.05) is 0 Å². The molecule has 10 nitrogen and oxygen atoms in total. The molecule has 0 radical (unpaired) electrons. The number of fused-ring (bicyclic) bond motifs is 1. The third-order valence-corrected chi connectivity index (χ3v) is 4.13. The average molecular weight is 443 g/mol. The van der Waals surface area contributed by atoms with Crippen LogP contribution in [0.3, 0.4) is 0 Å². The van der Waals surface area contributed by atoms with Crippen LogP contribution in [0, 0.1) is 0 Å². The van der Waals surface area contributed by atoms with Gasteiger partial charge in [0, 0.05) is 31.9 Å². The molecule has 0 aliphatic carbocycles. The molecule has 3 heterocycles. The number of carbonyl (C=O) groups excluding carboxylic acids is 2. The molecule has 174 valence electrons. The highest BCUT2D eigenvalue weighted by Gasteiger charge is 2.01. The molecule has 0 aliphatic rings. The Morgan fingerprint density at radius 2 is 1.69 bits per heavy atom. The maximum absolute atomic E-state index is 9.92. The first-order chi connectivity index (χ1) is 15.4. The van der Waals surface area contributed by atoms with Crippen molar-refractivity contribution < 1.29 is 9.59 Å². The van der Waals surface area contributed by atoms with E-state index in [1.54, 1.807) is 24.5 Å². The minimum atomic E-state index is 0.400. The van der Waals surface area contributed by atoms with Crippen molar-refractivity contribution in [3.05, 3.63) is 43.0 Å². The van der Waals surface area contributed by atoms with Crippen LogP contribution in [0.15, 0.2) is 43.0 Å². The number of nitrogen functional groups attached to an aromatic ring is 1. The summed E-state index contributed by atoms with van der Waals surface area (Å²) >= 11 is 0. The van der Waals surface area contributed by atoms with Crippen molar-refractivity contribution in [1.29, 1.82) is 0 Å². The van der Waals surface area contributed by atoms with E-state index in [0.717, 1.165) is 43.5 Å². The van der Waals surface area contributed by atoms with E-state index in [1.807, 2.05) is 31.4 Å². The molecule has 0 saturated heterocycles. The van der Waals surface area contributed by atoms with E-state index < -0.39 is 0 Å². The molecule has 0 atom stereocenters. The topological polar surface area (TPSA) is 122 Å². The van der Waals surface area contributed by atoms with Crippen molar-refractivity contribution in [2.45, 2.75) is 19.4 Å². The van der Waals surface area contributed by atoms with Gasteiger partial charge in [-0.15, -0.1) is 0 Å². The molecule has 10 heteroatoms. The number of aryl methyl sites for hydroxylation is 1. The quantitative estimate of drug-likeness (QED) is 0.481. The number of rotatable bonds is 9. The fourth-order valence-electron chi connectivity index (χ4n) is 2.54. The van der Waals surface area contributed by atoms with Crippen LogP contribution in [0.5, 0.6) is 0 Å². The van der Waals surface area contributed by atoms with Crippen LogP contribution in [0.2, 0.25) is 0 Å². The van der Waals surface area contributed by atoms with Crippen LogP contribution in [-0.4, -0.2) is 83.3 Å². The van der Waals surface area contributed by atoms with Crippen molar-refractivity contribution in [3.63, 3.8) is 0 Å². The molecule has 3 aromatic heterocycles. The molecule has 3 N–H and O–H groups in total. The zero-order chi connectivity index (χ0) is 23.8. The van der Waals surface area contributed by atoms with Gasteiger partial charge in [0.05, 0.1) is 17.5 Å². The number of nitrogens with zero attached hydrogens (tertiary/aromatic N) is 6. The Morgan fingerprint density at radius 3 is 2.28 bits per heavy atom. The number of hydrogen-bond donors (Lipinski definition) is 2. The Balaban J connectivity index is 0.000000262. The number of nitrogens with two attached hydrogens (primary N) is 1. The summed E-state index contributed by atoms with van der Waals surface area (Å²) in [5.74, 6) is 0.400. The monoisotopic (exact) mass is 442 g/mol. The highest BCUT2D eigenvalue weighted by atomic mass is 16.1. The summed E-state index contributed by atoms with van der Waals surface area (Å²) in [5.41, 5.74) is 7.85. The van der Waals surface area contributed by atoms with Gasteiger partial charge < -0.3 is 30.2 Å². The highest BCUT2D eigenvalue weighted by molar-refractivity contribution is 5.76. The number of hydrogen-bond acceptors (Lipinski definition) is 8. The maximum atomic E-state index is 9.92. The maximum Gasteiger partial charge on any atom is 0.212 e. The number of pyridine rings is 2. The predicted octanol–water partition coefficient (Wildman–Crippen LogP) is 1.75. The first-order valence-corrected chi connectivity index (χ1v) is 10.3.